The second kappa shape index (κ2) is 7.79. The van der Waals surface area contributed by atoms with Crippen LogP contribution in [-0.4, -0.2) is 29.9 Å². The number of carbonyl (C=O) groups excluding carboxylic acids is 1. The lowest BCUT2D eigenvalue weighted by Gasteiger charge is -2.19. The molecule has 140 valence electrons. The zero-order chi connectivity index (χ0) is 19.5. The summed E-state index contributed by atoms with van der Waals surface area (Å²) in [5.41, 5.74) is 3.02. The topological polar surface area (TPSA) is 84.2 Å². The van der Waals surface area contributed by atoms with Crippen molar-refractivity contribution in [3.63, 3.8) is 0 Å². The van der Waals surface area contributed by atoms with Gasteiger partial charge in [-0.3, -0.25) is 4.79 Å². The number of aromatic nitrogens is 1. The highest BCUT2D eigenvalue weighted by molar-refractivity contribution is 8.00. The number of amides is 1. The quantitative estimate of drug-likeness (QED) is 0.679. The number of aryl methyl sites for hydroxylation is 1. The molecule has 2 heterocycles. The average Bonchev–Trinajstić information content (AvgIpc) is 2.71. The number of hydrogen-bond donors (Lipinski definition) is 1. The van der Waals surface area contributed by atoms with Crippen LogP contribution in [0.15, 0.2) is 47.5 Å². The maximum absolute atomic E-state index is 12.3. The molecule has 3 aromatic rings. The number of rotatable bonds is 4. The molecule has 0 fully saturated rings. The van der Waals surface area contributed by atoms with Gasteiger partial charge in [0.05, 0.1) is 16.8 Å². The van der Waals surface area contributed by atoms with Gasteiger partial charge in [-0.25, -0.2) is 4.98 Å². The van der Waals surface area contributed by atoms with E-state index in [9.17, 15) is 10.1 Å². The molecule has 0 unspecified atom stereocenters. The van der Waals surface area contributed by atoms with Crippen molar-refractivity contribution in [1.29, 1.82) is 5.26 Å². The van der Waals surface area contributed by atoms with Crippen LogP contribution in [0.25, 0.3) is 10.9 Å². The second-order valence-electron chi connectivity index (χ2n) is 6.34. The average molecular weight is 391 g/mol. The Kier molecular flexibility index (Phi) is 5.04. The van der Waals surface area contributed by atoms with Crippen LogP contribution < -0.4 is 14.8 Å². The third kappa shape index (κ3) is 3.87. The van der Waals surface area contributed by atoms with Gasteiger partial charge < -0.3 is 14.8 Å². The van der Waals surface area contributed by atoms with E-state index < -0.39 is 0 Å². The highest BCUT2D eigenvalue weighted by atomic mass is 32.2. The monoisotopic (exact) mass is 391 g/mol. The van der Waals surface area contributed by atoms with Crippen molar-refractivity contribution in [1.82, 2.24) is 4.98 Å². The van der Waals surface area contributed by atoms with Crippen molar-refractivity contribution < 1.29 is 14.3 Å². The van der Waals surface area contributed by atoms with Gasteiger partial charge in [0.15, 0.2) is 11.5 Å². The fraction of sp³-hybridized carbons (Fsp3) is 0.190. The number of carbonyl (C=O) groups is 1. The fourth-order valence-corrected chi connectivity index (χ4v) is 3.68. The third-order valence-corrected chi connectivity index (χ3v) is 5.21. The van der Waals surface area contributed by atoms with E-state index in [0.29, 0.717) is 41.0 Å². The van der Waals surface area contributed by atoms with Gasteiger partial charge in [0.25, 0.3) is 0 Å². The van der Waals surface area contributed by atoms with E-state index in [1.165, 1.54) is 11.8 Å². The van der Waals surface area contributed by atoms with Crippen LogP contribution in [-0.2, 0) is 4.79 Å². The summed E-state index contributed by atoms with van der Waals surface area (Å²) in [5, 5.41) is 13.7. The van der Waals surface area contributed by atoms with Crippen molar-refractivity contribution in [2.24, 2.45) is 0 Å². The number of thioether (sulfide) groups is 1. The first-order valence-corrected chi connectivity index (χ1v) is 9.75. The Hall–Kier alpha value is -3.24. The highest BCUT2D eigenvalue weighted by Crippen LogP contribution is 2.32. The third-order valence-electron chi connectivity index (χ3n) is 4.22. The molecule has 0 saturated carbocycles. The fourth-order valence-electron chi connectivity index (χ4n) is 2.92. The van der Waals surface area contributed by atoms with E-state index in [2.05, 4.69) is 16.4 Å². The summed E-state index contributed by atoms with van der Waals surface area (Å²) in [7, 11) is 0. The number of hydrogen-bond acceptors (Lipinski definition) is 6. The van der Waals surface area contributed by atoms with E-state index in [1.54, 1.807) is 18.2 Å². The molecule has 0 radical (unpaired) electrons. The lowest BCUT2D eigenvalue weighted by atomic mass is 10.1. The van der Waals surface area contributed by atoms with Gasteiger partial charge in [0, 0.05) is 17.1 Å². The van der Waals surface area contributed by atoms with Crippen LogP contribution in [0.5, 0.6) is 11.5 Å². The zero-order valence-corrected chi connectivity index (χ0v) is 16.0. The molecule has 0 bridgehead atoms. The SMILES string of the molecule is Cc1ccc2nc(SCC(=O)Nc3ccc4c(c3)OCCO4)c(C#N)cc2c1. The lowest BCUT2D eigenvalue weighted by molar-refractivity contribution is -0.113. The highest BCUT2D eigenvalue weighted by Gasteiger charge is 2.14. The largest absolute Gasteiger partial charge is 0.486 e. The minimum atomic E-state index is -0.184. The maximum atomic E-state index is 12.3. The lowest BCUT2D eigenvalue weighted by Crippen LogP contribution is -2.17. The first kappa shape index (κ1) is 18.1. The van der Waals surface area contributed by atoms with Gasteiger partial charge in [-0.05, 0) is 37.3 Å². The molecule has 1 amide bonds. The van der Waals surface area contributed by atoms with E-state index >= 15 is 0 Å². The van der Waals surface area contributed by atoms with Crippen LogP contribution in [0.2, 0.25) is 0 Å². The number of nitriles is 1. The second-order valence-corrected chi connectivity index (χ2v) is 7.31. The number of nitrogens with one attached hydrogen (secondary N) is 1. The molecular weight excluding hydrogens is 374 g/mol. The zero-order valence-electron chi connectivity index (χ0n) is 15.2. The molecule has 0 spiro atoms. The summed E-state index contributed by atoms with van der Waals surface area (Å²) < 4.78 is 11.0. The molecule has 28 heavy (non-hydrogen) atoms. The number of benzene rings is 2. The Bertz CT molecular complexity index is 1110. The van der Waals surface area contributed by atoms with Crippen LogP contribution in [0, 0.1) is 18.3 Å². The molecule has 6 nitrogen and oxygen atoms in total. The molecule has 4 rings (SSSR count). The summed E-state index contributed by atoms with van der Waals surface area (Å²) >= 11 is 1.25. The Morgan fingerprint density at radius 3 is 2.82 bits per heavy atom. The molecule has 1 N–H and O–H groups in total. The van der Waals surface area contributed by atoms with E-state index in [0.717, 1.165) is 16.5 Å². The summed E-state index contributed by atoms with van der Waals surface area (Å²) in [6.45, 7) is 3.01. The van der Waals surface area contributed by atoms with E-state index in [-0.39, 0.29) is 11.7 Å². The van der Waals surface area contributed by atoms with Crippen molar-refractivity contribution in [3.8, 4) is 17.6 Å². The number of ether oxygens (including phenoxy) is 2. The normalized spacial score (nSPS) is 12.4. The Balaban J connectivity index is 1.46. The van der Waals surface area contributed by atoms with Gasteiger partial charge in [0.1, 0.15) is 24.3 Å². The molecule has 1 aliphatic heterocycles. The van der Waals surface area contributed by atoms with Gasteiger partial charge in [-0.15, -0.1) is 0 Å². The van der Waals surface area contributed by atoms with Crippen LogP contribution in [0.3, 0.4) is 0 Å². The Morgan fingerprint density at radius 2 is 2.00 bits per heavy atom. The first-order chi connectivity index (χ1) is 13.6. The van der Waals surface area contributed by atoms with Crippen molar-refractivity contribution >= 4 is 34.3 Å². The van der Waals surface area contributed by atoms with Gasteiger partial charge in [-0.2, -0.15) is 5.26 Å². The molecular formula is C21H17N3O3S. The standard InChI is InChI=1S/C21H17N3O3S/c1-13-2-4-17-14(8-13)9-15(11-22)21(24-17)28-12-20(25)23-16-3-5-18-19(10-16)27-7-6-26-18/h2-5,8-10H,6-7,12H2,1H3,(H,23,25). The molecule has 0 atom stereocenters. The minimum Gasteiger partial charge on any atom is -0.486 e. The van der Waals surface area contributed by atoms with Crippen molar-refractivity contribution in [2.45, 2.75) is 11.9 Å². The number of fused-ring (bicyclic) bond motifs is 2. The van der Waals surface area contributed by atoms with E-state index in [4.69, 9.17) is 9.47 Å². The van der Waals surface area contributed by atoms with Crippen molar-refractivity contribution in [3.05, 3.63) is 53.6 Å². The van der Waals surface area contributed by atoms with Crippen LogP contribution in [0.1, 0.15) is 11.1 Å². The Labute approximate surface area is 166 Å². The summed E-state index contributed by atoms with van der Waals surface area (Å²) in [6.07, 6.45) is 0. The maximum Gasteiger partial charge on any atom is 0.234 e. The van der Waals surface area contributed by atoms with E-state index in [1.807, 2.05) is 31.2 Å². The molecule has 7 heteroatoms. The number of nitrogens with zero attached hydrogens (tertiary/aromatic N) is 2. The minimum absolute atomic E-state index is 0.146. The smallest absolute Gasteiger partial charge is 0.234 e. The molecule has 1 aliphatic rings. The summed E-state index contributed by atoms with van der Waals surface area (Å²) in [5.74, 6) is 1.26. The molecule has 1 aromatic heterocycles. The molecule has 2 aromatic carbocycles. The predicted octanol–water partition coefficient (Wildman–Crippen LogP) is 3.92. The summed E-state index contributed by atoms with van der Waals surface area (Å²) in [6, 6.07) is 15.2. The molecule has 0 saturated heterocycles. The van der Waals surface area contributed by atoms with Crippen LogP contribution >= 0.6 is 11.8 Å². The van der Waals surface area contributed by atoms with Gasteiger partial charge in [0.2, 0.25) is 5.91 Å². The van der Waals surface area contributed by atoms with Gasteiger partial charge in [-0.1, -0.05) is 23.4 Å². The van der Waals surface area contributed by atoms with Gasteiger partial charge >= 0.3 is 0 Å². The van der Waals surface area contributed by atoms with Crippen LogP contribution in [0.4, 0.5) is 5.69 Å². The number of anilines is 1. The molecule has 0 aliphatic carbocycles. The van der Waals surface area contributed by atoms with Crippen molar-refractivity contribution in [2.75, 3.05) is 24.3 Å². The Morgan fingerprint density at radius 1 is 1.18 bits per heavy atom. The summed E-state index contributed by atoms with van der Waals surface area (Å²) in [4.78, 5) is 16.9. The predicted molar refractivity (Wildman–Crippen MR) is 108 cm³/mol. The number of pyridine rings is 1. The first-order valence-electron chi connectivity index (χ1n) is 8.76.